The summed E-state index contributed by atoms with van der Waals surface area (Å²) in [5.74, 6) is 4.69. The summed E-state index contributed by atoms with van der Waals surface area (Å²) < 4.78 is 17.8. The molecule has 0 aromatic heterocycles. The van der Waals surface area contributed by atoms with E-state index in [1.54, 1.807) is 0 Å². The Morgan fingerprint density at radius 1 is 0.979 bits per heavy atom. The Bertz CT molecular complexity index is 1460. The van der Waals surface area contributed by atoms with Crippen LogP contribution in [0.25, 0.3) is 0 Å². The summed E-state index contributed by atoms with van der Waals surface area (Å²) in [6.45, 7) is 11.1. The monoisotopic (exact) mass is 661 g/mol. The Hall–Kier alpha value is -2.65. The van der Waals surface area contributed by atoms with Crippen molar-refractivity contribution in [1.29, 1.82) is 0 Å². The predicted octanol–water partition coefficient (Wildman–Crippen LogP) is 5.15. The van der Waals surface area contributed by atoms with E-state index in [4.69, 9.17) is 14.2 Å². The van der Waals surface area contributed by atoms with Crippen LogP contribution in [0.1, 0.15) is 97.5 Å². The molecule has 0 radical (unpaired) electrons. The van der Waals surface area contributed by atoms with E-state index in [1.807, 2.05) is 18.2 Å². The summed E-state index contributed by atoms with van der Waals surface area (Å²) in [5, 5.41) is 9.90. The van der Waals surface area contributed by atoms with E-state index in [9.17, 15) is 14.4 Å². The molecular formula is C39H55N3O6. The van der Waals surface area contributed by atoms with Gasteiger partial charge in [-0.1, -0.05) is 33.8 Å². The molecule has 3 aliphatic heterocycles. The molecule has 0 bridgehead atoms. The molecule has 9 heteroatoms. The first-order chi connectivity index (χ1) is 23.0. The molecule has 7 aliphatic rings. The molecule has 8 rings (SSSR count). The third-order valence-electron chi connectivity index (χ3n) is 14.9. The number of Topliss-reactive ketones (excluding diaryl/α,β-unsaturated/α-hetero) is 1. The maximum absolute atomic E-state index is 14.4. The zero-order valence-corrected chi connectivity index (χ0v) is 29.3. The summed E-state index contributed by atoms with van der Waals surface area (Å²) in [6, 6.07) is 5.87. The normalized spacial score (nSPS) is 44.0. The number of carbonyl (C=O) groups is 3. The molecule has 4 saturated carbocycles. The van der Waals surface area contributed by atoms with E-state index >= 15 is 0 Å². The van der Waals surface area contributed by atoms with Gasteiger partial charge in [0, 0.05) is 42.8 Å². The summed E-state index contributed by atoms with van der Waals surface area (Å²) in [4.78, 5) is 39.9. The van der Waals surface area contributed by atoms with Crippen molar-refractivity contribution in [2.75, 3.05) is 19.9 Å². The average Bonchev–Trinajstić information content (AvgIpc) is 3.72. The fourth-order valence-corrected chi connectivity index (χ4v) is 12.2. The minimum absolute atomic E-state index is 0.0834. The highest BCUT2D eigenvalue weighted by Gasteiger charge is 2.71. The molecule has 2 saturated heterocycles. The number of piperidine rings is 1. The Kier molecular flexibility index (Phi) is 8.13. The van der Waals surface area contributed by atoms with Gasteiger partial charge in [-0.2, -0.15) is 0 Å². The van der Waals surface area contributed by atoms with Crippen LogP contribution < -0.4 is 25.4 Å². The van der Waals surface area contributed by atoms with Crippen LogP contribution in [0, 0.1) is 52.3 Å². The number of rotatable bonds is 6. The first kappa shape index (κ1) is 32.5. The number of ether oxygens (including phenoxy) is 3. The third kappa shape index (κ3) is 5.19. The topological polar surface area (TPSA) is 115 Å². The van der Waals surface area contributed by atoms with E-state index in [0.29, 0.717) is 66.6 Å². The van der Waals surface area contributed by atoms with Gasteiger partial charge in [0.05, 0.1) is 6.10 Å². The molecule has 262 valence electrons. The predicted molar refractivity (Wildman–Crippen MR) is 180 cm³/mol. The molecule has 2 amide bonds. The number of fused-ring (bicyclic) bond motifs is 8. The zero-order chi connectivity index (χ0) is 33.4. The lowest BCUT2D eigenvalue weighted by Crippen LogP contribution is -2.60. The number of hydrogen-bond donors (Lipinski definition) is 3. The van der Waals surface area contributed by atoms with Gasteiger partial charge in [-0.25, -0.2) is 0 Å². The number of benzene rings is 1. The third-order valence-corrected chi connectivity index (χ3v) is 14.9. The molecule has 12 atom stereocenters. The number of amides is 2. The van der Waals surface area contributed by atoms with Crippen molar-refractivity contribution in [3.8, 4) is 11.5 Å². The highest BCUT2D eigenvalue weighted by molar-refractivity contribution is 5.97. The lowest BCUT2D eigenvalue weighted by Gasteiger charge is -2.60. The number of hydrogen-bond acceptors (Lipinski definition) is 7. The maximum Gasteiger partial charge on any atom is 0.231 e. The zero-order valence-electron chi connectivity index (χ0n) is 29.3. The fourth-order valence-electron chi connectivity index (χ4n) is 12.2. The van der Waals surface area contributed by atoms with Crippen LogP contribution in [-0.2, 0) is 25.5 Å². The number of nitrogens with one attached hydrogen (secondary N) is 3. The van der Waals surface area contributed by atoms with Crippen LogP contribution in [0.15, 0.2) is 18.2 Å². The second-order valence-corrected chi connectivity index (χ2v) is 17.2. The lowest BCUT2D eigenvalue weighted by atomic mass is 9.44. The first-order valence-electron chi connectivity index (χ1n) is 18.9. The average molecular weight is 662 g/mol. The van der Waals surface area contributed by atoms with E-state index < -0.39 is 0 Å². The Morgan fingerprint density at radius 2 is 1.81 bits per heavy atom. The molecule has 9 nitrogen and oxygen atoms in total. The van der Waals surface area contributed by atoms with Crippen molar-refractivity contribution < 1.29 is 28.6 Å². The Labute approximate surface area is 285 Å². The van der Waals surface area contributed by atoms with Crippen LogP contribution in [-0.4, -0.2) is 55.4 Å². The van der Waals surface area contributed by atoms with E-state index in [1.165, 1.54) is 12.8 Å². The molecule has 1 spiro atoms. The second-order valence-electron chi connectivity index (χ2n) is 17.2. The van der Waals surface area contributed by atoms with E-state index in [0.717, 1.165) is 62.1 Å². The van der Waals surface area contributed by atoms with Crippen LogP contribution in [0.2, 0.25) is 0 Å². The van der Waals surface area contributed by atoms with Crippen LogP contribution in [0.3, 0.4) is 0 Å². The van der Waals surface area contributed by atoms with Gasteiger partial charge < -0.3 is 24.8 Å². The van der Waals surface area contributed by atoms with Gasteiger partial charge in [0.1, 0.15) is 17.9 Å². The van der Waals surface area contributed by atoms with Crippen molar-refractivity contribution >= 4 is 17.6 Å². The fraction of sp³-hybridized carbons (Fsp3) is 0.769. The molecule has 0 unspecified atom stereocenters. The summed E-state index contributed by atoms with van der Waals surface area (Å²) in [7, 11) is 0. The Balaban J connectivity index is 0.851. The smallest absolute Gasteiger partial charge is 0.231 e. The van der Waals surface area contributed by atoms with Gasteiger partial charge in [0.15, 0.2) is 11.5 Å². The summed E-state index contributed by atoms with van der Waals surface area (Å²) >= 11 is 0. The van der Waals surface area contributed by atoms with Gasteiger partial charge in [-0.05, 0) is 110 Å². The molecule has 3 N–H and O–H groups in total. The van der Waals surface area contributed by atoms with Crippen molar-refractivity contribution in [2.45, 2.75) is 116 Å². The largest absolute Gasteiger partial charge is 0.454 e. The SMILES string of the molecule is C[C@@H]1CC[C@@]2(NC1)O[C@H]1C[C@H]3[C@@H]4CC[C@@H]5C[C@@H](NC(=O)CC(=O)NCCc6ccc7c(c6)OCO7)CC[C@]5(C)[C@H]4CC(=O)[C@]3(C)[C@H]1[C@@H]2C. The highest BCUT2D eigenvalue weighted by Crippen LogP contribution is 2.70. The first-order valence-corrected chi connectivity index (χ1v) is 18.9. The van der Waals surface area contributed by atoms with Gasteiger partial charge in [-0.3, -0.25) is 19.7 Å². The molecule has 4 aliphatic carbocycles. The van der Waals surface area contributed by atoms with E-state index in [-0.39, 0.29) is 53.7 Å². The molecule has 1 aromatic rings. The minimum Gasteiger partial charge on any atom is -0.454 e. The quantitative estimate of drug-likeness (QED) is 0.362. The van der Waals surface area contributed by atoms with E-state index in [2.05, 4.69) is 43.6 Å². The summed E-state index contributed by atoms with van der Waals surface area (Å²) in [6.07, 6.45) is 9.81. The van der Waals surface area contributed by atoms with Crippen LogP contribution in [0.5, 0.6) is 11.5 Å². The van der Waals surface area contributed by atoms with Gasteiger partial charge in [0.2, 0.25) is 18.6 Å². The molecule has 1 aromatic carbocycles. The van der Waals surface area contributed by atoms with Crippen LogP contribution >= 0.6 is 0 Å². The van der Waals surface area contributed by atoms with Crippen molar-refractivity contribution in [3.63, 3.8) is 0 Å². The molecular weight excluding hydrogens is 606 g/mol. The number of carbonyl (C=O) groups excluding carboxylic acids is 3. The molecule has 3 heterocycles. The van der Waals surface area contributed by atoms with Crippen LogP contribution in [0.4, 0.5) is 0 Å². The van der Waals surface area contributed by atoms with Crippen molar-refractivity contribution in [1.82, 2.24) is 16.0 Å². The highest BCUT2D eigenvalue weighted by atomic mass is 16.7. The molecule has 6 fully saturated rings. The van der Waals surface area contributed by atoms with Crippen molar-refractivity contribution in [2.24, 2.45) is 52.3 Å². The molecule has 48 heavy (non-hydrogen) atoms. The lowest BCUT2D eigenvalue weighted by molar-refractivity contribution is -0.160. The van der Waals surface area contributed by atoms with Gasteiger partial charge in [-0.15, -0.1) is 0 Å². The van der Waals surface area contributed by atoms with Gasteiger partial charge >= 0.3 is 0 Å². The standard InChI is InChI=1S/C39H55N3O6/c1-22-9-13-39(41-20-22)23(2)36-32(48-39)17-29-27-7-6-25-16-26(10-12-37(25,3)28(27)18-33(43)38(29,36)4)42-35(45)19-34(44)40-14-11-24-5-8-30-31(15-24)47-21-46-30/h5,8,15,22-23,25-29,32,36,41H,6-7,9-14,16-21H2,1-4H3,(H,40,44)(H,42,45)/t22-,23+,25-,26+,27-,28+,29+,32+,36+,37+,38-,39-/m1/s1. The second kappa shape index (κ2) is 12.0. The summed E-state index contributed by atoms with van der Waals surface area (Å²) in [5.41, 5.74) is 0.610. The number of ketones is 1. The maximum atomic E-state index is 14.4. The minimum atomic E-state index is -0.293. The van der Waals surface area contributed by atoms with Gasteiger partial charge in [0.25, 0.3) is 0 Å². The Morgan fingerprint density at radius 3 is 2.62 bits per heavy atom. The van der Waals surface area contributed by atoms with Crippen molar-refractivity contribution in [3.05, 3.63) is 23.8 Å².